The number of benzene rings is 1. The van der Waals surface area contributed by atoms with Crippen molar-refractivity contribution in [1.29, 1.82) is 0 Å². The number of nitrogens with zero attached hydrogens (tertiary/aromatic N) is 2. The minimum atomic E-state index is -3.60. The molecule has 0 N–H and O–H groups in total. The predicted octanol–water partition coefficient (Wildman–Crippen LogP) is 3.13. The van der Waals surface area contributed by atoms with Gasteiger partial charge in [0.25, 0.3) is 0 Å². The van der Waals surface area contributed by atoms with E-state index in [1.54, 1.807) is 31.4 Å². The molecular formula is C22H32N2O4S. The van der Waals surface area contributed by atoms with Crippen LogP contribution >= 0.6 is 0 Å². The first-order chi connectivity index (χ1) is 14.0. The van der Waals surface area contributed by atoms with E-state index in [1.807, 2.05) is 4.90 Å². The van der Waals surface area contributed by atoms with Crippen molar-refractivity contribution < 1.29 is 17.9 Å². The minimum absolute atomic E-state index is 0.156. The molecular weight excluding hydrogens is 388 g/mol. The number of piperidine rings is 2. The Morgan fingerprint density at radius 1 is 0.931 bits per heavy atom. The molecule has 0 unspecified atom stereocenters. The maximum absolute atomic E-state index is 13.2. The molecule has 29 heavy (non-hydrogen) atoms. The smallest absolute Gasteiger partial charge is 0.243 e. The van der Waals surface area contributed by atoms with Crippen LogP contribution in [-0.4, -0.2) is 56.8 Å². The van der Waals surface area contributed by atoms with Gasteiger partial charge in [-0.1, -0.05) is 19.3 Å². The third kappa shape index (κ3) is 4.31. The molecule has 2 saturated heterocycles. The lowest BCUT2D eigenvalue weighted by molar-refractivity contribution is -0.139. The molecule has 3 aliphatic rings. The summed E-state index contributed by atoms with van der Waals surface area (Å²) in [6.07, 6.45) is 7.76. The Bertz CT molecular complexity index is 824. The molecule has 7 heteroatoms. The quantitative estimate of drug-likeness (QED) is 0.751. The molecule has 3 fully saturated rings. The second kappa shape index (κ2) is 8.64. The normalized spacial score (nSPS) is 28.6. The van der Waals surface area contributed by atoms with E-state index in [0.717, 1.165) is 38.3 Å². The third-order valence-corrected chi connectivity index (χ3v) is 8.91. The number of methoxy groups -OCH3 is 1. The number of sulfonamides is 1. The van der Waals surface area contributed by atoms with Crippen LogP contribution in [0, 0.1) is 17.8 Å². The van der Waals surface area contributed by atoms with Crippen LogP contribution in [0.1, 0.15) is 44.9 Å². The van der Waals surface area contributed by atoms with Crippen molar-refractivity contribution >= 4 is 15.9 Å². The molecule has 1 aliphatic carbocycles. The Morgan fingerprint density at radius 2 is 1.66 bits per heavy atom. The molecule has 1 amide bonds. The molecule has 2 heterocycles. The topological polar surface area (TPSA) is 66.9 Å². The molecule has 6 nitrogen and oxygen atoms in total. The molecule has 160 valence electrons. The van der Waals surface area contributed by atoms with E-state index in [4.69, 9.17) is 4.74 Å². The number of likely N-dealkylation sites (tertiary alicyclic amines) is 1. The molecule has 0 aromatic heterocycles. The van der Waals surface area contributed by atoms with Gasteiger partial charge in [0.2, 0.25) is 15.9 Å². The van der Waals surface area contributed by atoms with Gasteiger partial charge in [0.05, 0.1) is 17.9 Å². The Morgan fingerprint density at radius 3 is 2.38 bits per heavy atom. The summed E-state index contributed by atoms with van der Waals surface area (Å²) in [5, 5.41) is 0. The number of ether oxygens (including phenoxy) is 1. The maximum atomic E-state index is 13.2. The highest BCUT2D eigenvalue weighted by Gasteiger charge is 2.38. The van der Waals surface area contributed by atoms with Crippen molar-refractivity contribution in [3.05, 3.63) is 24.3 Å². The first-order valence-electron chi connectivity index (χ1n) is 10.9. The highest BCUT2D eigenvalue weighted by molar-refractivity contribution is 7.89. The Kier molecular flexibility index (Phi) is 6.16. The summed E-state index contributed by atoms with van der Waals surface area (Å²) in [5.74, 6) is 1.98. The molecule has 4 rings (SSSR count). The average molecular weight is 421 g/mol. The van der Waals surface area contributed by atoms with Crippen LogP contribution in [0.2, 0.25) is 0 Å². The highest BCUT2D eigenvalue weighted by Crippen LogP contribution is 2.37. The number of hydrogen-bond acceptors (Lipinski definition) is 4. The summed E-state index contributed by atoms with van der Waals surface area (Å²) in [6.45, 7) is 2.47. The van der Waals surface area contributed by atoms with Gasteiger partial charge in [0, 0.05) is 26.2 Å². The van der Waals surface area contributed by atoms with E-state index >= 15 is 0 Å². The van der Waals surface area contributed by atoms with Crippen molar-refractivity contribution in [2.24, 2.45) is 17.8 Å². The first kappa shape index (κ1) is 20.7. The van der Waals surface area contributed by atoms with Crippen molar-refractivity contribution in [3.63, 3.8) is 0 Å². The summed E-state index contributed by atoms with van der Waals surface area (Å²) in [6, 6.07) is 6.47. The lowest BCUT2D eigenvalue weighted by Gasteiger charge is -2.43. The van der Waals surface area contributed by atoms with Crippen LogP contribution in [0.4, 0.5) is 0 Å². The van der Waals surface area contributed by atoms with E-state index in [-0.39, 0.29) is 23.3 Å². The molecule has 3 atom stereocenters. The highest BCUT2D eigenvalue weighted by atomic mass is 32.2. The van der Waals surface area contributed by atoms with Gasteiger partial charge in [-0.15, -0.1) is 0 Å². The van der Waals surface area contributed by atoms with Gasteiger partial charge in [-0.25, -0.2) is 8.42 Å². The van der Waals surface area contributed by atoms with E-state index in [9.17, 15) is 13.2 Å². The average Bonchev–Trinajstić information content (AvgIpc) is 2.78. The van der Waals surface area contributed by atoms with Crippen LogP contribution in [0.25, 0.3) is 0 Å². The van der Waals surface area contributed by atoms with Gasteiger partial charge < -0.3 is 9.64 Å². The van der Waals surface area contributed by atoms with Gasteiger partial charge in [-0.2, -0.15) is 4.31 Å². The van der Waals surface area contributed by atoms with E-state index < -0.39 is 10.0 Å². The second-order valence-electron chi connectivity index (χ2n) is 8.76. The Labute approximate surface area is 174 Å². The van der Waals surface area contributed by atoms with E-state index in [1.165, 1.54) is 30.0 Å². The van der Waals surface area contributed by atoms with Gasteiger partial charge >= 0.3 is 0 Å². The van der Waals surface area contributed by atoms with Gasteiger partial charge in [0.1, 0.15) is 5.75 Å². The largest absolute Gasteiger partial charge is 0.497 e. The van der Waals surface area contributed by atoms with Crippen LogP contribution in [0.3, 0.4) is 0 Å². The van der Waals surface area contributed by atoms with Crippen LogP contribution in [0.5, 0.6) is 5.75 Å². The summed E-state index contributed by atoms with van der Waals surface area (Å²) in [7, 11) is -2.04. The predicted molar refractivity (Wildman–Crippen MR) is 111 cm³/mol. The molecule has 1 saturated carbocycles. The lowest BCUT2D eigenvalue weighted by atomic mass is 9.75. The fourth-order valence-electron chi connectivity index (χ4n) is 5.32. The Balaban J connectivity index is 1.42. The van der Waals surface area contributed by atoms with Gasteiger partial charge in [-0.05, 0) is 61.8 Å². The van der Waals surface area contributed by atoms with Gasteiger partial charge in [0.15, 0.2) is 0 Å². The van der Waals surface area contributed by atoms with Crippen molar-refractivity contribution in [3.8, 4) is 5.75 Å². The zero-order chi connectivity index (χ0) is 20.4. The molecule has 0 radical (unpaired) electrons. The standard InChI is InChI=1S/C22H32N2O4S/c1-28-20-8-10-21(11-9-20)29(26,27)24-13-4-7-19(16-24)22(25)23-14-12-17-5-2-3-6-18(17)15-23/h8-11,17-19H,2-7,12-16H2,1H3/t17-,18+,19-/m0/s1. The number of rotatable bonds is 4. The van der Waals surface area contributed by atoms with Crippen molar-refractivity contribution in [1.82, 2.24) is 9.21 Å². The zero-order valence-electron chi connectivity index (χ0n) is 17.3. The maximum Gasteiger partial charge on any atom is 0.243 e. The summed E-state index contributed by atoms with van der Waals surface area (Å²) >= 11 is 0. The van der Waals surface area contributed by atoms with Crippen LogP contribution in [-0.2, 0) is 14.8 Å². The number of carbonyl (C=O) groups excluding carboxylic acids is 1. The zero-order valence-corrected chi connectivity index (χ0v) is 18.1. The van der Waals surface area contributed by atoms with Gasteiger partial charge in [-0.3, -0.25) is 4.79 Å². The molecule has 1 aromatic rings. The SMILES string of the molecule is COc1ccc(S(=O)(=O)N2CCC[C@H](C(=O)N3CC[C@@H]4CCCC[C@@H]4C3)C2)cc1. The minimum Gasteiger partial charge on any atom is -0.497 e. The van der Waals surface area contributed by atoms with Crippen molar-refractivity contribution in [2.75, 3.05) is 33.3 Å². The molecule has 0 bridgehead atoms. The summed E-state index contributed by atoms with van der Waals surface area (Å²) < 4.78 is 32.8. The third-order valence-electron chi connectivity index (χ3n) is 7.03. The monoisotopic (exact) mass is 420 g/mol. The summed E-state index contributed by atoms with van der Waals surface area (Å²) in [5.41, 5.74) is 0. The fraction of sp³-hybridized carbons (Fsp3) is 0.682. The molecule has 2 aliphatic heterocycles. The van der Waals surface area contributed by atoms with Crippen LogP contribution < -0.4 is 4.74 Å². The van der Waals surface area contributed by atoms with Crippen LogP contribution in [0.15, 0.2) is 29.2 Å². The van der Waals surface area contributed by atoms with E-state index in [0.29, 0.717) is 18.2 Å². The number of fused-ring (bicyclic) bond motifs is 1. The summed E-state index contributed by atoms with van der Waals surface area (Å²) in [4.78, 5) is 15.5. The number of carbonyl (C=O) groups is 1. The molecule has 0 spiro atoms. The number of hydrogen-bond donors (Lipinski definition) is 0. The number of amides is 1. The molecule has 1 aromatic carbocycles. The van der Waals surface area contributed by atoms with E-state index in [2.05, 4.69) is 0 Å². The first-order valence-corrected chi connectivity index (χ1v) is 12.4. The Hall–Kier alpha value is -1.60. The lowest BCUT2D eigenvalue weighted by Crippen LogP contribution is -2.50. The fourth-order valence-corrected chi connectivity index (χ4v) is 6.84. The van der Waals surface area contributed by atoms with Crippen molar-refractivity contribution in [2.45, 2.75) is 49.8 Å². The second-order valence-corrected chi connectivity index (χ2v) is 10.7.